The third kappa shape index (κ3) is 3.33. The zero-order valence-corrected chi connectivity index (χ0v) is 11.7. The molecule has 0 atom stereocenters. The van der Waals surface area contributed by atoms with Gasteiger partial charge in [0.25, 0.3) is 5.91 Å². The van der Waals surface area contributed by atoms with Crippen LogP contribution in [0.2, 0.25) is 0 Å². The standard InChI is InChI=1S/C14H20N4O2/c1-20-8-12-10(13(19)18-14(15)16)7-9-5-3-2-4-6-11(9)17-12/h7H,2-6,8H2,1H3,(H4,15,16,18,19). The third-order valence-electron chi connectivity index (χ3n) is 3.37. The Labute approximate surface area is 118 Å². The number of pyridine rings is 1. The van der Waals surface area contributed by atoms with Gasteiger partial charge in [0.15, 0.2) is 5.96 Å². The van der Waals surface area contributed by atoms with Gasteiger partial charge in [0.2, 0.25) is 0 Å². The van der Waals surface area contributed by atoms with Gasteiger partial charge < -0.3 is 16.2 Å². The summed E-state index contributed by atoms with van der Waals surface area (Å²) in [5, 5.41) is 0. The van der Waals surface area contributed by atoms with E-state index in [0.717, 1.165) is 36.9 Å². The van der Waals surface area contributed by atoms with E-state index < -0.39 is 5.91 Å². The molecule has 0 spiro atoms. The summed E-state index contributed by atoms with van der Waals surface area (Å²) in [6, 6.07) is 1.87. The van der Waals surface area contributed by atoms with Crippen LogP contribution >= 0.6 is 0 Å². The summed E-state index contributed by atoms with van der Waals surface area (Å²) in [5.74, 6) is -0.704. The van der Waals surface area contributed by atoms with Crippen molar-refractivity contribution in [1.82, 2.24) is 4.98 Å². The highest BCUT2D eigenvalue weighted by Gasteiger charge is 2.18. The lowest BCUT2D eigenvalue weighted by atomic mass is 10.0. The average molecular weight is 276 g/mol. The van der Waals surface area contributed by atoms with E-state index in [2.05, 4.69) is 9.98 Å². The topological polar surface area (TPSA) is 104 Å². The molecule has 0 aliphatic heterocycles. The number of rotatable bonds is 3. The van der Waals surface area contributed by atoms with E-state index in [1.165, 1.54) is 6.42 Å². The van der Waals surface area contributed by atoms with Crippen LogP contribution in [0.3, 0.4) is 0 Å². The number of carbonyl (C=O) groups is 1. The number of hydrogen-bond acceptors (Lipinski definition) is 3. The van der Waals surface area contributed by atoms with E-state index in [1.54, 1.807) is 7.11 Å². The fourth-order valence-corrected chi connectivity index (χ4v) is 2.46. The first-order valence-electron chi connectivity index (χ1n) is 6.76. The number of nitrogens with zero attached hydrogens (tertiary/aromatic N) is 2. The molecule has 1 aromatic heterocycles. The first-order valence-corrected chi connectivity index (χ1v) is 6.76. The van der Waals surface area contributed by atoms with Crippen molar-refractivity contribution in [3.05, 3.63) is 28.6 Å². The van der Waals surface area contributed by atoms with E-state index >= 15 is 0 Å². The number of fused-ring (bicyclic) bond motifs is 1. The van der Waals surface area contributed by atoms with Gasteiger partial charge in [-0.1, -0.05) is 6.42 Å². The lowest BCUT2D eigenvalue weighted by Crippen LogP contribution is -2.24. The van der Waals surface area contributed by atoms with Crippen molar-refractivity contribution < 1.29 is 9.53 Å². The molecule has 1 aromatic rings. The Morgan fingerprint density at radius 2 is 2.10 bits per heavy atom. The summed E-state index contributed by atoms with van der Waals surface area (Å²) in [6.07, 6.45) is 5.33. The monoisotopic (exact) mass is 276 g/mol. The largest absolute Gasteiger partial charge is 0.378 e. The lowest BCUT2D eigenvalue weighted by Gasteiger charge is -2.11. The number of aryl methyl sites for hydroxylation is 2. The van der Waals surface area contributed by atoms with Crippen molar-refractivity contribution in [2.45, 2.75) is 38.7 Å². The Balaban J connectivity index is 2.45. The molecule has 6 heteroatoms. The Morgan fingerprint density at radius 3 is 2.80 bits per heavy atom. The van der Waals surface area contributed by atoms with Crippen LogP contribution in [0, 0.1) is 0 Å². The van der Waals surface area contributed by atoms with Crippen LogP contribution in [0.4, 0.5) is 0 Å². The highest BCUT2D eigenvalue weighted by atomic mass is 16.5. The number of hydrogen-bond donors (Lipinski definition) is 2. The molecule has 1 aliphatic carbocycles. The quantitative estimate of drug-likeness (QED) is 0.485. The fraction of sp³-hybridized carbons (Fsp3) is 0.500. The van der Waals surface area contributed by atoms with Gasteiger partial charge in [-0.3, -0.25) is 9.78 Å². The number of carbonyl (C=O) groups excluding carboxylic acids is 1. The molecule has 2 rings (SSSR count). The van der Waals surface area contributed by atoms with E-state index in [-0.39, 0.29) is 12.6 Å². The van der Waals surface area contributed by atoms with Crippen molar-refractivity contribution >= 4 is 11.9 Å². The molecule has 1 aliphatic rings. The molecule has 0 unspecified atom stereocenters. The maximum atomic E-state index is 12.1. The van der Waals surface area contributed by atoms with Gasteiger partial charge in [0.05, 0.1) is 17.9 Å². The van der Waals surface area contributed by atoms with Gasteiger partial charge in [-0.25, -0.2) is 0 Å². The summed E-state index contributed by atoms with van der Waals surface area (Å²) in [6.45, 7) is 0.272. The second-order valence-corrected chi connectivity index (χ2v) is 4.92. The predicted octanol–water partition coefficient (Wildman–Crippen LogP) is 0.910. The first-order chi connectivity index (χ1) is 9.61. The second-order valence-electron chi connectivity index (χ2n) is 4.92. The second kappa shape index (κ2) is 6.47. The minimum absolute atomic E-state index is 0.242. The molecular weight excluding hydrogens is 256 g/mol. The molecule has 6 nitrogen and oxygen atoms in total. The zero-order chi connectivity index (χ0) is 14.5. The van der Waals surface area contributed by atoms with Crippen molar-refractivity contribution in [2.75, 3.05) is 7.11 Å². The Bertz CT molecular complexity index is 536. The summed E-state index contributed by atoms with van der Waals surface area (Å²) in [4.78, 5) is 20.3. The molecule has 0 bridgehead atoms. The predicted molar refractivity (Wildman–Crippen MR) is 76.3 cm³/mol. The van der Waals surface area contributed by atoms with Gasteiger partial charge >= 0.3 is 0 Å². The fourth-order valence-electron chi connectivity index (χ4n) is 2.46. The lowest BCUT2D eigenvalue weighted by molar-refractivity contribution is 0.0996. The number of aliphatic imine (C=N–C) groups is 1. The molecule has 0 radical (unpaired) electrons. The van der Waals surface area contributed by atoms with Crippen molar-refractivity contribution in [3.8, 4) is 0 Å². The van der Waals surface area contributed by atoms with Gasteiger partial charge in [-0.15, -0.1) is 0 Å². The van der Waals surface area contributed by atoms with Crippen LogP contribution in [0.15, 0.2) is 11.1 Å². The van der Waals surface area contributed by atoms with Crippen LogP contribution in [0.1, 0.15) is 46.6 Å². The van der Waals surface area contributed by atoms with Gasteiger partial charge in [0, 0.05) is 12.8 Å². The summed E-state index contributed by atoms with van der Waals surface area (Å²) in [7, 11) is 1.57. The minimum atomic E-state index is -0.461. The Kier molecular flexibility index (Phi) is 4.68. The smallest absolute Gasteiger partial charge is 0.282 e. The maximum absolute atomic E-state index is 12.1. The third-order valence-corrected chi connectivity index (χ3v) is 3.37. The molecule has 0 saturated heterocycles. The van der Waals surface area contributed by atoms with Crippen LogP contribution in [-0.4, -0.2) is 24.0 Å². The van der Waals surface area contributed by atoms with Crippen molar-refractivity contribution in [3.63, 3.8) is 0 Å². The molecule has 0 aromatic carbocycles. The number of ether oxygens (including phenoxy) is 1. The molecule has 1 heterocycles. The van der Waals surface area contributed by atoms with E-state index in [0.29, 0.717) is 11.3 Å². The van der Waals surface area contributed by atoms with Gasteiger partial charge in [-0.05, 0) is 37.3 Å². The molecule has 108 valence electrons. The van der Waals surface area contributed by atoms with Crippen molar-refractivity contribution in [1.29, 1.82) is 0 Å². The molecule has 1 amide bonds. The molecule has 20 heavy (non-hydrogen) atoms. The van der Waals surface area contributed by atoms with Crippen LogP contribution in [0.25, 0.3) is 0 Å². The summed E-state index contributed by atoms with van der Waals surface area (Å²) in [5.41, 5.74) is 13.8. The number of amides is 1. The number of methoxy groups -OCH3 is 1. The van der Waals surface area contributed by atoms with Gasteiger partial charge in [0.1, 0.15) is 0 Å². The number of aromatic nitrogens is 1. The van der Waals surface area contributed by atoms with Crippen molar-refractivity contribution in [2.24, 2.45) is 16.5 Å². The van der Waals surface area contributed by atoms with E-state index in [9.17, 15) is 4.79 Å². The summed E-state index contributed by atoms with van der Waals surface area (Å²) < 4.78 is 5.12. The summed E-state index contributed by atoms with van der Waals surface area (Å²) >= 11 is 0. The van der Waals surface area contributed by atoms with Crippen LogP contribution in [0.5, 0.6) is 0 Å². The molecule has 0 fully saturated rings. The van der Waals surface area contributed by atoms with E-state index in [1.807, 2.05) is 6.07 Å². The Hall–Kier alpha value is -1.95. The minimum Gasteiger partial charge on any atom is -0.378 e. The maximum Gasteiger partial charge on any atom is 0.282 e. The number of guanidine groups is 1. The SMILES string of the molecule is COCc1nc2c(cc1C(=O)N=C(N)N)CCCCC2. The van der Waals surface area contributed by atoms with E-state index in [4.69, 9.17) is 16.2 Å². The number of nitrogens with two attached hydrogens (primary N) is 2. The normalized spacial score (nSPS) is 14.2. The molecular formula is C14H20N4O2. The zero-order valence-electron chi connectivity index (χ0n) is 11.7. The Morgan fingerprint density at radius 1 is 1.35 bits per heavy atom. The highest BCUT2D eigenvalue weighted by molar-refractivity contribution is 6.02. The molecule has 4 N–H and O–H groups in total. The van der Waals surface area contributed by atoms with Crippen LogP contribution in [-0.2, 0) is 24.2 Å². The average Bonchev–Trinajstić information content (AvgIpc) is 2.62. The first kappa shape index (κ1) is 14.5. The van der Waals surface area contributed by atoms with Gasteiger partial charge in [-0.2, -0.15) is 4.99 Å². The highest BCUT2D eigenvalue weighted by Crippen LogP contribution is 2.22. The molecule has 0 saturated carbocycles. The van der Waals surface area contributed by atoms with Crippen LogP contribution < -0.4 is 11.5 Å².